The first-order valence-electron chi connectivity index (χ1n) is 5.63. The van der Waals surface area contributed by atoms with Crippen molar-refractivity contribution >= 4 is 18.0 Å². The van der Waals surface area contributed by atoms with E-state index in [0.29, 0.717) is 0 Å². The summed E-state index contributed by atoms with van der Waals surface area (Å²) in [4.78, 5) is 32.9. The number of carbonyl (C=O) groups excluding carboxylic acids is 3. The van der Waals surface area contributed by atoms with Gasteiger partial charge >= 0.3 is 0 Å². The van der Waals surface area contributed by atoms with Gasteiger partial charge in [0, 0.05) is 6.42 Å². The van der Waals surface area contributed by atoms with Gasteiger partial charge in [-0.3, -0.25) is 14.4 Å². The molecule has 4 N–H and O–H groups in total. The van der Waals surface area contributed by atoms with Gasteiger partial charge in [-0.05, 0) is 12.3 Å². The van der Waals surface area contributed by atoms with Crippen molar-refractivity contribution in [2.24, 2.45) is 17.1 Å². The second kappa shape index (κ2) is 5.58. The van der Waals surface area contributed by atoms with E-state index in [4.69, 9.17) is 5.73 Å². The maximum Gasteiger partial charge on any atom is 0.226 e. The van der Waals surface area contributed by atoms with Gasteiger partial charge in [0.15, 0.2) is 6.29 Å². The summed E-state index contributed by atoms with van der Waals surface area (Å²) in [5.74, 6) is -2.69. The van der Waals surface area contributed by atoms with Gasteiger partial charge in [-0.25, -0.2) is 0 Å². The van der Waals surface area contributed by atoms with Crippen LogP contribution < -0.4 is 5.73 Å². The zero-order valence-electron chi connectivity index (χ0n) is 11.1. The molecular formula is C12H21NO5. The molecule has 0 aromatic carbocycles. The fourth-order valence-corrected chi connectivity index (χ4v) is 1.95. The Balaban J connectivity index is 5.04. The highest BCUT2D eigenvalue weighted by atomic mass is 16.3. The molecule has 0 fully saturated rings. The number of ketones is 1. The minimum atomic E-state index is -2.00. The highest BCUT2D eigenvalue weighted by Gasteiger charge is 2.41. The maximum atomic E-state index is 11.3. The molecule has 0 aliphatic carbocycles. The van der Waals surface area contributed by atoms with Gasteiger partial charge in [0.25, 0.3) is 0 Å². The lowest BCUT2D eigenvalue weighted by Crippen LogP contribution is -2.48. The summed E-state index contributed by atoms with van der Waals surface area (Å²) < 4.78 is 0. The third-order valence-corrected chi connectivity index (χ3v) is 2.87. The molecule has 104 valence electrons. The Bertz CT molecular complexity index is 343. The number of nitrogens with two attached hydrogens (primary N) is 1. The third-order valence-electron chi connectivity index (χ3n) is 2.87. The van der Waals surface area contributed by atoms with Crippen molar-refractivity contribution in [3.05, 3.63) is 0 Å². The second-order valence-corrected chi connectivity index (χ2v) is 5.77. The number of hydrogen-bond donors (Lipinski definition) is 3. The third kappa shape index (κ3) is 4.19. The molecular weight excluding hydrogens is 238 g/mol. The zero-order valence-corrected chi connectivity index (χ0v) is 11.1. The quantitative estimate of drug-likeness (QED) is 0.435. The molecule has 3 unspecified atom stereocenters. The molecule has 0 aromatic rings. The van der Waals surface area contributed by atoms with Crippen LogP contribution in [0.1, 0.15) is 34.1 Å². The van der Waals surface area contributed by atoms with Gasteiger partial charge in [0.2, 0.25) is 11.7 Å². The van der Waals surface area contributed by atoms with E-state index in [0.717, 1.165) is 6.92 Å². The Morgan fingerprint density at radius 1 is 1.28 bits per heavy atom. The first-order chi connectivity index (χ1) is 7.93. The number of aliphatic hydroxyl groups is 2. The SMILES string of the molecule is CC(O)(CC(O)C(C(N)=O)C(C)(C)C)C(=O)C=O. The lowest BCUT2D eigenvalue weighted by atomic mass is 9.74. The van der Waals surface area contributed by atoms with Crippen LogP contribution in [0.2, 0.25) is 0 Å². The fraction of sp³-hybridized carbons (Fsp3) is 0.750. The average Bonchev–Trinajstić information content (AvgIpc) is 2.11. The summed E-state index contributed by atoms with van der Waals surface area (Å²) in [5.41, 5.74) is 2.60. The molecule has 3 atom stereocenters. The van der Waals surface area contributed by atoms with E-state index in [9.17, 15) is 24.6 Å². The summed E-state index contributed by atoms with van der Waals surface area (Å²) in [7, 11) is 0. The minimum absolute atomic E-state index is 0.0108. The normalized spacial score (nSPS) is 18.6. The van der Waals surface area contributed by atoms with Crippen LogP contribution in [-0.2, 0) is 14.4 Å². The van der Waals surface area contributed by atoms with Gasteiger partial charge in [-0.15, -0.1) is 0 Å². The second-order valence-electron chi connectivity index (χ2n) is 5.77. The molecule has 0 aromatic heterocycles. The van der Waals surface area contributed by atoms with E-state index < -0.39 is 41.1 Å². The fourth-order valence-electron chi connectivity index (χ4n) is 1.95. The number of aldehydes is 1. The molecule has 0 saturated heterocycles. The van der Waals surface area contributed by atoms with E-state index in [2.05, 4.69) is 0 Å². The van der Waals surface area contributed by atoms with E-state index in [1.54, 1.807) is 20.8 Å². The Hall–Kier alpha value is -1.27. The maximum absolute atomic E-state index is 11.3. The van der Waals surface area contributed by atoms with Gasteiger partial charge < -0.3 is 15.9 Å². The molecule has 6 heteroatoms. The van der Waals surface area contributed by atoms with Crippen LogP contribution in [0, 0.1) is 11.3 Å². The average molecular weight is 259 g/mol. The Labute approximate surface area is 106 Å². The molecule has 1 amide bonds. The highest BCUT2D eigenvalue weighted by Crippen LogP contribution is 2.32. The number of hydrogen-bond acceptors (Lipinski definition) is 5. The van der Waals surface area contributed by atoms with Crippen LogP contribution in [0.15, 0.2) is 0 Å². The highest BCUT2D eigenvalue weighted by molar-refractivity contribution is 6.28. The Morgan fingerprint density at radius 3 is 2.00 bits per heavy atom. The molecule has 0 rings (SSSR count). The number of rotatable bonds is 6. The molecule has 0 heterocycles. The van der Waals surface area contributed by atoms with Crippen molar-refractivity contribution in [2.75, 3.05) is 0 Å². The largest absolute Gasteiger partial charge is 0.392 e. The first-order valence-corrected chi connectivity index (χ1v) is 5.63. The van der Waals surface area contributed by atoms with E-state index in [1.165, 1.54) is 0 Å². The van der Waals surface area contributed by atoms with E-state index >= 15 is 0 Å². The molecule has 18 heavy (non-hydrogen) atoms. The number of amides is 1. The van der Waals surface area contributed by atoms with Crippen LogP contribution in [0.3, 0.4) is 0 Å². The molecule has 0 aliphatic heterocycles. The summed E-state index contributed by atoms with van der Waals surface area (Å²) in [6.45, 7) is 6.25. The van der Waals surface area contributed by atoms with Gasteiger partial charge in [0.1, 0.15) is 5.60 Å². The topological polar surface area (TPSA) is 118 Å². The molecule has 6 nitrogen and oxygen atoms in total. The number of aliphatic hydroxyl groups excluding tert-OH is 1. The van der Waals surface area contributed by atoms with Crippen LogP contribution in [0.4, 0.5) is 0 Å². The molecule has 0 aliphatic rings. The summed E-state index contributed by atoms with van der Waals surface area (Å²) in [5, 5.41) is 19.7. The minimum Gasteiger partial charge on any atom is -0.392 e. The van der Waals surface area contributed by atoms with Crippen molar-refractivity contribution < 1.29 is 24.6 Å². The van der Waals surface area contributed by atoms with Crippen molar-refractivity contribution in [3.63, 3.8) is 0 Å². The smallest absolute Gasteiger partial charge is 0.226 e. The van der Waals surface area contributed by atoms with Crippen molar-refractivity contribution in [2.45, 2.75) is 45.8 Å². The van der Waals surface area contributed by atoms with Crippen LogP contribution in [-0.4, -0.2) is 39.9 Å². The van der Waals surface area contributed by atoms with Crippen LogP contribution >= 0.6 is 0 Å². The van der Waals surface area contributed by atoms with Crippen LogP contribution in [0.25, 0.3) is 0 Å². The number of carbonyl (C=O) groups is 3. The Morgan fingerprint density at radius 2 is 1.72 bits per heavy atom. The van der Waals surface area contributed by atoms with Crippen molar-refractivity contribution in [1.29, 1.82) is 0 Å². The summed E-state index contributed by atoms with van der Waals surface area (Å²) >= 11 is 0. The summed E-state index contributed by atoms with van der Waals surface area (Å²) in [6.07, 6.45) is -1.74. The zero-order chi connectivity index (χ0) is 14.7. The number of Topliss-reactive ketones (excluding diaryl/α,β-unsaturated/α-hetero) is 1. The van der Waals surface area contributed by atoms with Crippen molar-refractivity contribution in [3.8, 4) is 0 Å². The monoisotopic (exact) mass is 259 g/mol. The lowest BCUT2D eigenvalue weighted by Gasteiger charge is -2.34. The predicted octanol–water partition coefficient (Wildman–Crippen LogP) is -0.596. The predicted molar refractivity (Wildman–Crippen MR) is 64.5 cm³/mol. The van der Waals surface area contributed by atoms with Gasteiger partial charge in [-0.2, -0.15) is 0 Å². The van der Waals surface area contributed by atoms with E-state index in [-0.39, 0.29) is 6.29 Å². The molecule has 0 radical (unpaired) electrons. The lowest BCUT2D eigenvalue weighted by molar-refractivity contribution is -0.147. The van der Waals surface area contributed by atoms with Gasteiger partial charge in [0.05, 0.1) is 12.0 Å². The number of primary amides is 1. The Kier molecular flexibility index (Phi) is 5.19. The standard InChI is InChI=1S/C12H21NO5/c1-11(2,3)9(10(13)17)7(15)5-12(4,18)8(16)6-14/h6-7,9,15,18H,5H2,1-4H3,(H2,13,17). The molecule has 0 saturated carbocycles. The van der Waals surface area contributed by atoms with Gasteiger partial charge in [-0.1, -0.05) is 20.8 Å². The molecule has 0 bridgehead atoms. The van der Waals surface area contributed by atoms with E-state index in [1.807, 2.05) is 0 Å². The van der Waals surface area contributed by atoms with Crippen molar-refractivity contribution in [1.82, 2.24) is 0 Å². The molecule has 0 spiro atoms. The summed E-state index contributed by atoms with van der Waals surface area (Å²) in [6, 6.07) is 0. The first kappa shape index (κ1) is 16.7. The van der Waals surface area contributed by atoms with Crippen LogP contribution in [0.5, 0.6) is 0 Å².